The Balaban J connectivity index is 3.54. The van der Waals surface area contributed by atoms with Crippen LogP contribution in [0.15, 0.2) is 12.1 Å². The van der Waals surface area contributed by atoms with E-state index in [2.05, 4.69) is 0 Å². The van der Waals surface area contributed by atoms with Crippen molar-refractivity contribution in [2.75, 3.05) is 0 Å². The number of benzene rings is 1. The van der Waals surface area contributed by atoms with E-state index in [1.54, 1.807) is 0 Å². The standard InChI is InChI=1S/C10H5F3INO5/c11-10(12,13)6-1-4(14)2-7(15(19)20)5(6)3-8(16)9(17)18/h1-2H,3H2,(H,17,18)/p-1. The molecule has 0 amide bonds. The Bertz CT molecular complexity index is 599. The molecule has 0 radical (unpaired) electrons. The highest BCUT2D eigenvalue weighted by Gasteiger charge is 2.37. The maximum absolute atomic E-state index is 12.8. The first-order valence-electron chi connectivity index (χ1n) is 4.82. The fraction of sp³-hybridized carbons (Fsp3) is 0.200. The molecule has 0 spiro atoms. The molecule has 0 atom stereocenters. The van der Waals surface area contributed by atoms with Crippen LogP contribution in [-0.2, 0) is 22.2 Å². The second-order valence-corrected chi connectivity index (χ2v) is 4.84. The predicted octanol–water partition coefficient (Wildman–Crippen LogP) is 1.08. The number of hydrogen-bond donors (Lipinski definition) is 0. The number of nitro benzene ring substituents is 1. The number of alkyl halides is 3. The minimum atomic E-state index is -4.95. The number of carbonyl (C=O) groups excluding carboxylic acids is 2. The van der Waals surface area contributed by atoms with Gasteiger partial charge >= 0.3 is 6.18 Å². The van der Waals surface area contributed by atoms with Crippen LogP contribution in [0.4, 0.5) is 18.9 Å². The lowest BCUT2D eigenvalue weighted by atomic mass is 9.99. The molecule has 6 nitrogen and oxygen atoms in total. The second-order valence-electron chi connectivity index (χ2n) is 3.59. The van der Waals surface area contributed by atoms with Crippen LogP contribution in [0.1, 0.15) is 11.1 Å². The molecular weight excluding hydrogens is 398 g/mol. The van der Waals surface area contributed by atoms with Crippen LogP contribution in [0.3, 0.4) is 0 Å². The lowest BCUT2D eigenvalue weighted by Crippen LogP contribution is -2.33. The zero-order valence-electron chi connectivity index (χ0n) is 9.36. The lowest BCUT2D eigenvalue weighted by molar-refractivity contribution is -0.385. The summed E-state index contributed by atoms with van der Waals surface area (Å²) in [5, 5.41) is 21.1. The van der Waals surface area contributed by atoms with Crippen molar-refractivity contribution in [3.05, 3.63) is 36.9 Å². The van der Waals surface area contributed by atoms with Crippen LogP contribution in [0.5, 0.6) is 0 Å². The maximum atomic E-state index is 12.8. The van der Waals surface area contributed by atoms with Gasteiger partial charge in [-0.3, -0.25) is 14.9 Å². The van der Waals surface area contributed by atoms with Crippen molar-refractivity contribution >= 4 is 40.0 Å². The van der Waals surface area contributed by atoms with Crippen molar-refractivity contribution in [3.8, 4) is 0 Å². The van der Waals surface area contributed by atoms with Crippen LogP contribution < -0.4 is 5.11 Å². The number of aliphatic carboxylic acids is 1. The second kappa shape index (κ2) is 5.73. The van der Waals surface area contributed by atoms with E-state index in [4.69, 9.17) is 0 Å². The minimum absolute atomic E-state index is 0.0636. The summed E-state index contributed by atoms with van der Waals surface area (Å²) in [7, 11) is 0. The molecule has 0 aliphatic carbocycles. The molecule has 0 fully saturated rings. The number of carboxylic acid groups (broad SMARTS) is 1. The molecule has 0 aliphatic heterocycles. The quantitative estimate of drug-likeness (QED) is 0.325. The Labute approximate surface area is 122 Å². The van der Waals surface area contributed by atoms with E-state index < -0.39 is 46.1 Å². The summed E-state index contributed by atoms with van der Waals surface area (Å²) in [6.07, 6.45) is -6.21. The monoisotopic (exact) mass is 402 g/mol. The van der Waals surface area contributed by atoms with Gasteiger partial charge in [0.25, 0.3) is 5.69 Å². The molecule has 1 aromatic rings. The number of carbonyl (C=O) groups is 2. The summed E-state index contributed by atoms with van der Waals surface area (Å²) in [4.78, 5) is 31.0. The van der Waals surface area contributed by atoms with E-state index in [1.165, 1.54) is 22.6 Å². The third kappa shape index (κ3) is 3.65. The van der Waals surface area contributed by atoms with Crippen LogP contribution in [0, 0.1) is 13.7 Å². The zero-order valence-corrected chi connectivity index (χ0v) is 11.5. The average Bonchev–Trinajstić information content (AvgIpc) is 2.28. The lowest BCUT2D eigenvalue weighted by Gasteiger charge is -2.13. The highest BCUT2D eigenvalue weighted by molar-refractivity contribution is 14.1. The Kier molecular flexibility index (Phi) is 4.68. The molecule has 0 heterocycles. The average molecular weight is 402 g/mol. The molecule has 0 saturated heterocycles. The normalized spacial score (nSPS) is 11.2. The summed E-state index contributed by atoms with van der Waals surface area (Å²) in [6, 6.07) is 1.43. The molecule has 0 bridgehead atoms. The number of rotatable bonds is 4. The first kappa shape index (κ1) is 16.3. The third-order valence-electron chi connectivity index (χ3n) is 2.26. The summed E-state index contributed by atoms with van der Waals surface area (Å²) in [5.74, 6) is -3.87. The highest BCUT2D eigenvalue weighted by atomic mass is 127. The van der Waals surface area contributed by atoms with Gasteiger partial charge in [-0.05, 0) is 28.7 Å². The summed E-state index contributed by atoms with van der Waals surface area (Å²) < 4.78 is 38.4. The van der Waals surface area contributed by atoms with Crippen LogP contribution >= 0.6 is 22.6 Å². The molecule has 0 N–H and O–H groups in total. The smallest absolute Gasteiger partial charge is 0.416 e. The van der Waals surface area contributed by atoms with Gasteiger partial charge in [-0.2, -0.15) is 13.2 Å². The number of ketones is 1. The van der Waals surface area contributed by atoms with Crippen molar-refractivity contribution in [2.24, 2.45) is 0 Å². The summed E-state index contributed by atoms with van der Waals surface area (Å²) >= 11 is 1.45. The van der Waals surface area contributed by atoms with Crippen molar-refractivity contribution in [1.82, 2.24) is 0 Å². The Morgan fingerprint density at radius 2 is 1.85 bits per heavy atom. The largest absolute Gasteiger partial charge is 0.542 e. The number of nitro groups is 1. The van der Waals surface area contributed by atoms with Gasteiger partial charge in [0.2, 0.25) is 0 Å². The number of Topliss-reactive ketones (excluding diaryl/α,β-unsaturated/α-hetero) is 1. The minimum Gasteiger partial charge on any atom is -0.542 e. The molecule has 0 aliphatic rings. The number of carboxylic acids is 1. The Morgan fingerprint density at radius 3 is 2.25 bits per heavy atom. The van der Waals surface area contributed by atoms with Gasteiger partial charge in [0, 0.05) is 21.6 Å². The van der Waals surface area contributed by atoms with Crippen LogP contribution in [0.25, 0.3) is 0 Å². The summed E-state index contributed by atoms with van der Waals surface area (Å²) in [5.41, 5.74) is -3.36. The molecule has 108 valence electrons. The number of hydrogen-bond acceptors (Lipinski definition) is 5. The van der Waals surface area contributed by atoms with Crippen LogP contribution in [0.2, 0.25) is 0 Å². The molecule has 0 saturated carbocycles. The fourth-order valence-electron chi connectivity index (χ4n) is 1.46. The van der Waals surface area contributed by atoms with Crippen molar-refractivity contribution in [3.63, 3.8) is 0 Å². The van der Waals surface area contributed by atoms with Gasteiger partial charge in [0.15, 0.2) is 5.78 Å². The molecule has 0 unspecified atom stereocenters. The highest BCUT2D eigenvalue weighted by Crippen LogP contribution is 2.37. The number of nitrogens with zero attached hydrogens (tertiary/aromatic N) is 1. The SMILES string of the molecule is O=C([O-])C(=O)Cc1c([N+](=O)[O-])cc(I)cc1C(F)(F)F. The fourth-order valence-corrected chi connectivity index (χ4v) is 2.06. The number of halogens is 4. The third-order valence-corrected chi connectivity index (χ3v) is 2.88. The topological polar surface area (TPSA) is 100 Å². The predicted molar refractivity (Wildman–Crippen MR) is 64.5 cm³/mol. The maximum Gasteiger partial charge on any atom is 0.416 e. The van der Waals surface area contributed by atoms with Gasteiger partial charge in [-0.15, -0.1) is 0 Å². The van der Waals surface area contributed by atoms with Gasteiger partial charge in [0.1, 0.15) is 5.97 Å². The van der Waals surface area contributed by atoms with Crippen LogP contribution in [-0.4, -0.2) is 16.7 Å². The summed E-state index contributed by atoms with van der Waals surface area (Å²) in [6.45, 7) is 0. The van der Waals surface area contributed by atoms with Gasteiger partial charge in [0.05, 0.1) is 10.5 Å². The molecule has 1 rings (SSSR count). The molecule has 1 aromatic carbocycles. The van der Waals surface area contributed by atoms with Gasteiger partial charge in [-0.25, -0.2) is 0 Å². The van der Waals surface area contributed by atoms with E-state index >= 15 is 0 Å². The van der Waals surface area contributed by atoms with E-state index in [0.717, 1.165) is 6.07 Å². The van der Waals surface area contributed by atoms with E-state index in [-0.39, 0.29) is 3.57 Å². The van der Waals surface area contributed by atoms with Gasteiger partial charge in [-0.1, -0.05) is 0 Å². The Morgan fingerprint density at radius 1 is 1.30 bits per heavy atom. The Hall–Kier alpha value is -1.72. The van der Waals surface area contributed by atoms with Crippen molar-refractivity contribution < 1.29 is 32.8 Å². The molecule has 0 aromatic heterocycles. The molecule has 20 heavy (non-hydrogen) atoms. The van der Waals surface area contributed by atoms with E-state index in [9.17, 15) is 38.0 Å². The van der Waals surface area contributed by atoms with E-state index in [0.29, 0.717) is 6.07 Å². The zero-order chi connectivity index (χ0) is 15.7. The molecule has 10 heteroatoms. The van der Waals surface area contributed by atoms with Gasteiger partial charge < -0.3 is 9.90 Å². The molecular formula is C10H4F3INO5-. The first-order chi connectivity index (χ1) is 9.04. The van der Waals surface area contributed by atoms with Crippen molar-refractivity contribution in [1.29, 1.82) is 0 Å². The van der Waals surface area contributed by atoms with Crippen molar-refractivity contribution in [2.45, 2.75) is 12.6 Å². The first-order valence-corrected chi connectivity index (χ1v) is 5.90. The van der Waals surface area contributed by atoms with E-state index in [1.807, 2.05) is 0 Å².